The molecule has 0 radical (unpaired) electrons. The van der Waals surface area contributed by atoms with Crippen LogP contribution < -0.4 is 5.32 Å². The number of carbonyl (C=O) groups excluding carboxylic acids is 1. The average molecular weight is 474 g/mol. The van der Waals surface area contributed by atoms with Crippen LogP contribution in [0.4, 0.5) is 10.2 Å². The number of rotatable bonds is 5. The van der Waals surface area contributed by atoms with Gasteiger partial charge in [0.05, 0.1) is 17.8 Å². The van der Waals surface area contributed by atoms with E-state index in [4.69, 9.17) is 5.10 Å². The number of carbonyl (C=O) groups is 1. The van der Waals surface area contributed by atoms with E-state index in [2.05, 4.69) is 68.0 Å². The van der Waals surface area contributed by atoms with Crippen molar-refractivity contribution in [2.24, 2.45) is 0 Å². The summed E-state index contributed by atoms with van der Waals surface area (Å²) in [4.78, 5) is 12.7. The third-order valence-electron chi connectivity index (χ3n) is 4.92. The maximum absolute atomic E-state index is 14.1. The van der Waals surface area contributed by atoms with Crippen molar-refractivity contribution >= 4 is 27.7 Å². The third-order valence-corrected chi connectivity index (χ3v) is 5.41. The molecule has 0 saturated heterocycles. The lowest BCUT2D eigenvalue weighted by molar-refractivity contribution is -0.115. The highest BCUT2D eigenvalue weighted by atomic mass is 79.9. The van der Waals surface area contributed by atoms with Crippen LogP contribution in [-0.2, 0) is 16.6 Å². The van der Waals surface area contributed by atoms with Gasteiger partial charge in [-0.1, -0.05) is 68.7 Å². The highest BCUT2D eigenvalue weighted by Crippen LogP contribution is 2.27. The van der Waals surface area contributed by atoms with E-state index in [0.717, 1.165) is 11.4 Å². The zero-order chi connectivity index (χ0) is 22.1. The van der Waals surface area contributed by atoms with Crippen molar-refractivity contribution < 1.29 is 10.6 Å². The number of amides is 1. The minimum absolute atomic E-state index is 0. The Bertz CT molecular complexity index is 1060. The van der Waals surface area contributed by atoms with E-state index in [1.165, 1.54) is 11.6 Å². The molecule has 0 bridgehead atoms. The summed E-state index contributed by atoms with van der Waals surface area (Å²) in [5.74, 6) is 0.297. The quantitative estimate of drug-likeness (QED) is 0.452. The Kier molecular flexibility index (Phi) is 6.46. The number of benzene rings is 2. The molecule has 3 aromatic rings. The second-order valence-corrected chi connectivity index (χ2v) is 9.70. The predicted molar refractivity (Wildman–Crippen MR) is 125 cm³/mol. The van der Waals surface area contributed by atoms with Gasteiger partial charge in [-0.25, -0.2) is 9.07 Å². The Morgan fingerprint density at radius 3 is 2.40 bits per heavy atom. The van der Waals surface area contributed by atoms with Gasteiger partial charge in [0, 0.05) is 17.4 Å². The summed E-state index contributed by atoms with van der Waals surface area (Å²) in [6, 6.07) is 14.7. The maximum atomic E-state index is 14.1. The van der Waals surface area contributed by atoms with Crippen LogP contribution in [0.15, 0.2) is 53.0 Å². The molecule has 3 rings (SSSR count). The van der Waals surface area contributed by atoms with Crippen LogP contribution >= 0.6 is 15.9 Å². The molecule has 4 nitrogen and oxygen atoms in total. The Labute approximate surface area is 187 Å². The summed E-state index contributed by atoms with van der Waals surface area (Å²) in [7, 11) is 0. The van der Waals surface area contributed by atoms with Gasteiger partial charge < -0.3 is 5.32 Å². The van der Waals surface area contributed by atoms with Crippen LogP contribution in [0.25, 0.3) is 5.69 Å². The predicted octanol–water partition coefficient (Wildman–Crippen LogP) is 6.62. The topological polar surface area (TPSA) is 46.9 Å². The molecule has 0 spiro atoms. The second-order valence-electron chi connectivity index (χ2n) is 8.78. The SMILES string of the molecule is CC(C)c1ccc(-n2nc(C(C)(C)C)cc2NC(=O)Cc2ccc(Br)cc2F)cc1.[HH]. The van der Waals surface area contributed by atoms with E-state index in [-0.39, 0.29) is 19.2 Å². The first-order valence-electron chi connectivity index (χ1n) is 9.99. The smallest absolute Gasteiger partial charge is 0.230 e. The Balaban J connectivity index is 0.00000341. The number of nitrogens with zero attached hydrogens (tertiary/aromatic N) is 2. The van der Waals surface area contributed by atoms with E-state index < -0.39 is 5.82 Å². The van der Waals surface area contributed by atoms with Crippen LogP contribution in [0.5, 0.6) is 0 Å². The van der Waals surface area contributed by atoms with Gasteiger partial charge in [-0.3, -0.25) is 4.79 Å². The number of hydrogen-bond acceptors (Lipinski definition) is 2. The van der Waals surface area contributed by atoms with Crippen molar-refractivity contribution in [1.82, 2.24) is 9.78 Å². The number of anilines is 1. The summed E-state index contributed by atoms with van der Waals surface area (Å²) >= 11 is 3.23. The van der Waals surface area contributed by atoms with Gasteiger partial charge in [-0.2, -0.15) is 5.10 Å². The molecule has 1 heterocycles. The number of aromatic nitrogens is 2. The van der Waals surface area contributed by atoms with Crippen molar-refractivity contribution in [2.45, 2.75) is 52.4 Å². The van der Waals surface area contributed by atoms with Gasteiger partial charge in [0.2, 0.25) is 5.91 Å². The fraction of sp³-hybridized carbons (Fsp3) is 0.333. The highest BCUT2D eigenvalue weighted by Gasteiger charge is 2.22. The molecule has 0 atom stereocenters. The first-order valence-corrected chi connectivity index (χ1v) is 10.8. The van der Waals surface area contributed by atoms with Gasteiger partial charge >= 0.3 is 0 Å². The zero-order valence-corrected chi connectivity index (χ0v) is 19.5. The van der Waals surface area contributed by atoms with E-state index >= 15 is 0 Å². The second kappa shape index (κ2) is 8.72. The van der Waals surface area contributed by atoms with Gasteiger partial charge in [0.25, 0.3) is 0 Å². The fourth-order valence-corrected chi connectivity index (χ4v) is 3.39. The molecule has 0 fully saturated rings. The molecule has 0 aliphatic rings. The van der Waals surface area contributed by atoms with Gasteiger partial charge in [0.15, 0.2) is 0 Å². The molecule has 0 aliphatic heterocycles. The lowest BCUT2D eigenvalue weighted by atomic mass is 9.92. The molecule has 160 valence electrons. The van der Waals surface area contributed by atoms with Crippen LogP contribution in [-0.4, -0.2) is 15.7 Å². The first kappa shape index (κ1) is 22.2. The van der Waals surface area contributed by atoms with Crippen LogP contribution in [0.2, 0.25) is 0 Å². The van der Waals surface area contributed by atoms with Crippen molar-refractivity contribution in [1.29, 1.82) is 0 Å². The molecule has 6 heteroatoms. The van der Waals surface area contributed by atoms with E-state index in [1.54, 1.807) is 16.8 Å². The third kappa shape index (κ3) is 5.17. The molecular weight excluding hydrogens is 445 g/mol. The molecular formula is C24H29BrFN3O. The van der Waals surface area contributed by atoms with E-state index in [0.29, 0.717) is 21.8 Å². The first-order chi connectivity index (χ1) is 14.0. The van der Waals surface area contributed by atoms with E-state index in [9.17, 15) is 9.18 Å². The van der Waals surface area contributed by atoms with Crippen LogP contribution in [0.3, 0.4) is 0 Å². The largest absolute Gasteiger partial charge is 0.310 e. The standard InChI is InChI=1S/C24H27BrFN3O.H2/c1-15(2)16-7-10-19(11-8-16)29-22(14-21(28-29)24(3,4)5)27-23(30)12-17-6-9-18(25)13-20(17)26;/h6-11,13-15H,12H2,1-5H3,(H,27,30);1H. The molecule has 0 saturated carbocycles. The van der Waals surface area contributed by atoms with Gasteiger partial charge in [-0.05, 0) is 41.3 Å². The molecule has 0 unspecified atom stereocenters. The molecule has 30 heavy (non-hydrogen) atoms. The highest BCUT2D eigenvalue weighted by molar-refractivity contribution is 9.10. The van der Waals surface area contributed by atoms with Crippen LogP contribution in [0, 0.1) is 5.82 Å². The Hall–Kier alpha value is -2.47. The molecule has 1 amide bonds. The number of halogens is 2. The zero-order valence-electron chi connectivity index (χ0n) is 18.0. The Morgan fingerprint density at radius 1 is 1.17 bits per heavy atom. The van der Waals surface area contributed by atoms with Crippen molar-refractivity contribution in [2.75, 3.05) is 5.32 Å². The average Bonchev–Trinajstić information content (AvgIpc) is 3.08. The normalized spacial score (nSPS) is 11.7. The molecule has 0 aliphatic carbocycles. The summed E-state index contributed by atoms with van der Waals surface area (Å²) in [6.45, 7) is 10.5. The van der Waals surface area contributed by atoms with Crippen molar-refractivity contribution in [3.63, 3.8) is 0 Å². The minimum Gasteiger partial charge on any atom is -0.310 e. The maximum Gasteiger partial charge on any atom is 0.230 e. The molecule has 1 aromatic heterocycles. The molecule has 2 aromatic carbocycles. The monoisotopic (exact) mass is 473 g/mol. The molecule has 1 N–H and O–H groups in total. The lowest BCUT2D eigenvalue weighted by Gasteiger charge is -2.14. The number of hydrogen-bond donors (Lipinski definition) is 1. The van der Waals surface area contributed by atoms with Gasteiger partial charge in [0.1, 0.15) is 11.6 Å². The van der Waals surface area contributed by atoms with E-state index in [1.807, 2.05) is 18.2 Å². The number of nitrogens with one attached hydrogen (secondary N) is 1. The summed E-state index contributed by atoms with van der Waals surface area (Å²) in [5, 5.41) is 7.65. The fourth-order valence-electron chi connectivity index (χ4n) is 3.06. The lowest BCUT2D eigenvalue weighted by Crippen LogP contribution is -2.17. The minimum atomic E-state index is -0.410. The van der Waals surface area contributed by atoms with Crippen molar-refractivity contribution in [3.8, 4) is 5.69 Å². The van der Waals surface area contributed by atoms with Crippen molar-refractivity contribution in [3.05, 3.63) is 75.6 Å². The van der Waals surface area contributed by atoms with Gasteiger partial charge in [-0.15, -0.1) is 0 Å². The summed E-state index contributed by atoms with van der Waals surface area (Å²) in [5.41, 5.74) is 3.12. The Morgan fingerprint density at radius 2 is 1.83 bits per heavy atom. The van der Waals surface area contributed by atoms with Crippen LogP contribution in [0.1, 0.15) is 58.8 Å². The summed E-state index contributed by atoms with van der Waals surface area (Å²) < 4.78 is 16.5. The summed E-state index contributed by atoms with van der Waals surface area (Å²) in [6.07, 6.45) is -0.0541.